The van der Waals surface area contributed by atoms with Gasteiger partial charge in [0.25, 0.3) is 0 Å². The molecule has 2 aromatic carbocycles. The van der Waals surface area contributed by atoms with Crippen LogP contribution in [0.3, 0.4) is 0 Å². The number of nitrogens with one attached hydrogen (secondary N) is 2. The van der Waals surface area contributed by atoms with Gasteiger partial charge in [0.15, 0.2) is 0 Å². The van der Waals surface area contributed by atoms with Crippen molar-refractivity contribution >= 4 is 23.3 Å². The van der Waals surface area contributed by atoms with Crippen LogP contribution in [0.5, 0.6) is 0 Å². The predicted molar refractivity (Wildman–Crippen MR) is 93.4 cm³/mol. The van der Waals surface area contributed by atoms with E-state index in [2.05, 4.69) is 10.6 Å². The van der Waals surface area contributed by atoms with Crippen LogP contribution in [0.4, 0.5) is 11.4 Å². The summed E-state index contributed by atoms with van der Waals surface area (Å²) in [6, 6.07) is 17.9. The van der Waals surface area contributed by atoms with E-state index in [0.29, 0.717) is 11.4 Å². The first-order valence-electron chi connectivity index (χ1n) is 8.05. The SMILES string of the molecule is O=C([O-])C1=C(Nc2ccccc2)CC(C(=O)[O-])=C(Nc2ccccc2)C1. The van der Waals surface area contributed by atoms with Crippen LogP contribution in [0, 0.1) is 0 Å². The van der Waals surface area contributed by atoms with Crippen molar-refractivity contribution in [2.24, 2.45) is 0 Å². The first-order chi connectivity index (χ1) is 12.5. The van der Waals surface area contributed by atoms with Gasteiger partial charge in [-0.1, -0.05) is 36.4 Å². The number of carboxylic acids is 2. The summed E-state index contributed by atoms with van der Waals surface area (Å²) in [5.74, 6) is -2.68. The highest BCUT2D eigenvalue weighted by Gasteiger charge is 2.22. The van der Waals surface area contributed by atoms with E-state index in [0.717, 1.165) is 0 Å². The monoisotopic (exact) mass is 348 g/mol. The van der Waals surface area contributed by atoms with E-state index >= 15 is 0 Å². The number of benzene rings is 2. The topological polar surface area (TPSA) is 104 Å². The quantitative estimate of drug-likeness (QED) is 0.807. The lowest BCUT2D eigenvalue weighted by molar-refractivity contribution is -0.301. The van der Waals surface area contributed by atoms with Gasteiger partial charge in [-0.05, 0) is 24.3 Å². The Morgan fingerprint density at radius 1 is 0.654 bits per heavy atom. The van der Waals surface area contributed by atoms with Gasteiger partial charge >= 0.3 is 0 Å². The van der Waals surface area contributed by atoms with E-state index in [4.69, 9.17) is 0 Å². The molecule has 0 saturated heterocycles. The van der Waals surface area contributed by atoms with Gasteiger partial charge in [-0.3, -0.25) is 0 Å². The zero-order valence-corrected chi connectivity index (χ0v) is 13.8. The highest BCUT2D eigenvalue weighted by atomic mass is 16.4. The zero-order valence-electron chi connectivity index (χ0n) is 13.8. The summed E-state index contributed by atoms with van der Waals surface area (Å²) in [6.45, 7) is 0. The molecule has 26 heavy (non-hydrogen) atoms. The zero-order chi connectivity index (χ0) is 18.5. The first-order valence-corrected chi connectivity index (χ1v) is 8.05. The molecule has 0 aromatic heterocycles. The number of para-hydroxylation sites is 2. The van der Waals surface area contributed by atoms with E-state index in [-0.39, 0.29) is 35.4 Å². The predicted octanol–water partition coefficient (Wildman–Crippen LogP) is 1.01. The average molecular weight is 348 g/mol. The molecule has 132 valence electrons. The molecule has 0 spiro atoms. The minimum absolute atomic E-state index is 0.0114. The molecule has 1 aliphatic carbocycles. The molecule has 0 atom stereocenters. The van der Waals surface area contributed by atoms with E-state index in [1.54, 1.807) is 48.5 Å². The summed E-state index contributed by atoms with van der Waals surface area (Å²) in [4.78, 5) is 23.2. The molecule has 0 amide bonds. The highest BCUT2D eigenvalue weighted by Crippen LogP contribution is 2.31. The maximum absolute atomic E-state index is 11.6. The standard InChI is InChI=1S/C20H18N2O4/c23-19(24)15-12-18(22-14-9-5-2-6-10-14)16(20(25)26)11-17(15)21-13-7-3-1-4-8-13/h1-10,21-22H,11-12H2,(H,23,24)(H,25,26)/p-2. The molecule has 0 saturated carbocycles. The van der Waals surface area contributed by atoms with E-state index in [1.807, 2.05) is 12.1 Å². The number of carbonyl (C=O) groups is 2. The fourth-order valence-corrected chi connectivity index (χ4v) is 2.80. The summed E-state index contributed by atoms with van der Waals surface area (Å²) in [5.41, 5.74) is 1.93. The number of hydrogen-bond donors (Lipinski definition) is 2. The molecule has 0 bridgehead atoms. The lowest BCUT2D eigenvalue weighted by Gasteiger charge is -2.28. The maximum Gasteiger partial charge on any atom is 0.0696 e. The Kier molecular flexibility index (Phi) is 5.03. The van der Waals surface area contributed by atoms with Crippen molar-refractivity contribution in [3.05, 3.63) is 83.2 Å². The number of allylic oxidation sites excluding steroid dienone is 2. The van der Waals surface area contributed by atoms with E-state index < -0.39 is 11.9 Å². The fraction of sp³-hybridized carbons (Fsp3) is 0.100. The largest absolute Gasteiger partial charge is 0.545 e. The Bertz CT molecular complexity index is 811. The third-order valence-electron chi connectivity index (χ3n) is 4.07. The Morgan fingerprint density at radius 2 is 1.00 bits per heavy atom. The molecular formula is C20H16N2O4-2. The maximum atomic E-state index is 11.6. The van der Waals surface area contributed by atoms with Gasteiger partial charge < -0.3 is 30.4 Å². The Hall–Kier alpha value is -3.54. The molecule has 0 fully saturated rings. The Morgan fingerprint density at radius 3 is 1.31 bits per heavy atom. The van der Waals surface area contributed by atoms with Crippen LogP contribution in [-0.4, -0.2) is 11.9 Å². The summed E-state index contributed by atoms with van der Waals surface area (Å²) >= 11 is 0. The molecule has 0 heterocycles. The van der Waals surface area contributed by atoms with Crippen molar-refractivity contribution in [1.29, 1.82) is 0 Å². The lowest BCUT2D eigenvalue weighted by Crippen LogP contribution is -2.34. The fourth-order valence-electron chi connectivity index (χ4n) is 2.80. The number of hydrogen-bond acceptors (Lipinski definition) is 6. The van der Waals surface area contributed by atoms with Crippen molar-refractivity contribution < 1.29 is 19.8 Å². The Labute approximate surface area is 150 Å². The number of aliphatic carboxylic acids is 2. The van der Waals surface area contributed by atoms with E-state index in [1.165, 1.54) is 0 Å². The number of rotatable bonds is 6. The van der Waals surface area contributed by atoms with Crippen molar-refractivity contribution in [3.8, 4) is 0 Å². The van der Waals surface area contributed by atoms with Crippen LogP contribution in [0.1, 0.15) is 12.8 Å². The second-order valence-corrected chi connectivity index (χ2v) is 5.82. The van der Waals surface area contributed by atoms with Gasteiger partial charge in [-0.25, -0.2) is 0 Å². The average Bonchev–Trinajstić information content (AvgIpc) is 2.64. The molecule has 6 heteroatoms. The summed E-state index contributed by atoms with van der Waals surface area (Å²) < 4.78 is 0. The number of carboxylic acid groups (broad SMARTS) is 2. The second kappa shape index (κ2) is 7.57. The van der Waals surface area contributed by atoms with Gasteiger partial charge in [-0.2, -0.15) is 0 Å². The number of carbonyl (C=O) groups excluding carboxylic acids is 2. The minimum atomic E-state index is -1.34. The molecular weight excluding hydrogens is 332 g/mol. The third kappa shape index (κ3) is 3.92. The smallest absolute Gasteiger partial charge is 0.0696 e. The van der Waals surface area contributed by atoms with Crippen molar-refractivity contribution in [3.63, 3.8) is 0 Å². The summed E-state index contributed by atoms with van der Waals surface area (Å²) in [6.07, 6.45) is -0.203. The Balaban J connectivity index is 1.93. The molecule has 2 aromatic rings. The molecule has 1 aliphatic rings. The van der Waals surface area contributed by atoms with Crippen LogP contribution in [0.15, 0.2) is 83.2 Å². The van der Waals surface area contributed by atoms with Gasteiger partial charge in [0.1, 0.15) is 0 Å². The summed E-state index contributed by atoms with van der Waals surface area (Å²) in [7, 11) is 0. The number of anilines is 2. The second-order valence-electron chi connectivity index (χ2n) is 5.82. The highest BCUT2D eigenvalue weighted by molar-refractivity contribution is 5.93. The summed E-state index contributed by atoms with van der Waals surface area (Å²) in [5, 5.41) is 29.2. The normalized spacial score (nSPS) is 14.2. The lowest BCUT2D eigenvalue weighted by atomic mass is 9.92. The van der Waals surface area contributed by atoms with Crippen molar-refractivity contribution in [2.75, 3.05) is 10.6 Å². The minimum Gasteiger partial charge on any atom is -0.545 e. The van der Waals surface area contributed by atoms with Gasteiger partial charge in [-0.15, -0.1) is 0 Å². The first kappa shape index (κ1) is 17.3. The molecule has 2 N–H and O–H groups in total. The molecule has 3 rings (SSSR count). The van der Waals surface area contributed by atoms with Gasteiger partial charge in [0.2, 0.25) is 0 Å². The van der Waals surface area contributed by atoms with Crippen LogP contribution in [-0.2, 0) is 9.59 Å². The molecule has 0 aliphatic heterocycles. The van der Waals surface area contributed by atoms with Gasteiger partial charge in [0.05, 0.1) is 11.9 Å². The third-order valence-corrected chi connectivity index (χ3v) is 4.07. The molecule has 0 unspecified atom stereocenters. The molecule has 6 nitrogen and oxygen atoms in total. The van der Waals surface area contributed by atoms with Crippen molar-refractivity contribution in [2.45, 2.75) is 12.8 Å². The molecule has 0 radical (unpaired) electrons. The van der Waals surface area contributed by atoms with Gasteiger partial charge in [0, 0.05) is 46.8 Å². The van der Waals surface area contributed by atoms with Crippen LogP contribution in [0.2, 0.25) is 0 Å². The van der Waals surface area contributed by atoms with Crippen molar-refractivity contribution in [1.82, 2.24) is 0 Å². The van der Waals surface area contributed by atoms with E-state index in [9.17, 15) is 19.8 Å². The van der Waals surface area contributed by atoms with Crippen LogP contribution < -0.4 is 20.8 Å². The van der Waals surface area contributed by atoms with Crippen LogP contribution in [0.25, 0.3) is 0 Å². The van der Waals surface area contributed by atoms with Crippen LogP contribution >= 0.6 is 0 Å².